The van der Waals surface area contributed by atoms with Crippen LogP contribution in [-0.4, -0.2) is 42.7 Å². The maximum Gasteiger partial charge on any atom is 0.343 e. The first kappa shape index (κ1) is 25.3. The molecule has 8 nitrogen and oxygen atoms in total. The summed E-state index contributed by atoms with van der Waals surface area (Å²) >= 11 is 0. The van der Waals surface area contributed by atoms with Gasteiger partial charge < -0.3 is 10.1 Å². The third-order valence-electron chi connectivity index (χ3n) is 5.69. The maximum absolute atomic E-state index is 12.8. The molecule has 0 unspecified atom stereocenters. The lowest BCUT2D eigenvalue weighted by atomic mass is 10.1. The van der Waals surface area contributed by atoms with Crippen LogP contribution >= 0.6 is 0 Å². The van der Waals surface area contributed by atoms with Crippen LogP contribution in [0, 0.1) is 0 Å². The first-order valence-electron chi connectivity index (χ1n) is 11.7. The molecule has 0 aliphatic carbocycles. The quantitative estimate of drug-likeness (QED) is 0.372. The number of carbonyl (C=O) groups excluding carboxylic acids is 2. The predicted molar refractivity (Wildman–Crippen MR) is 138 cm³/mol. The van der Waals surface area contributed by atoms with Crippen LogP contribution in [0.3, 0.4) is 0 Å². The van der Waals surface area contributed by atoms with Gasteiger partial charge in [-0.25, -0.2) is 18.2 Å². The zero-order valence-corrected chi connectivity index (χ0v) is 20.7. The van der Waals surface area contributed by atoms with E-state index in [1.54, 1.807) is 24.4 Å². The number of aromatic nitrogens is 1. The summed E-state index contributed by atoms with van der Waals surface area (Å²) in [7, 11) is -3.55. The highest BCUT2D eigenvalue weighted by Crippen LogP contribution is 2.22. The largest absolute Gasteiger partial charge is 0.423 e. The Morgan fingerprint density at radius 2 is 1.58 bits per heavy atom. The number of sulfonamides is 1. The van der Waals surface area contributed by atoms with Gasteiger partial charge in [-0.2, -0.15) is 4.31 Å². The second-order valence-corrected chi connectivity index (χ2v) is 10.4. The number of piperidine rings is 1. The summed E-state index contributed by atoms with van der Waals surface area (Å²) in [6.45, 7) is 2.48. The molecule has 0 saturated carbocycles. The van der Waals surface area contributed by atoms with E-state index in [1.165, 1.54) is 35.5 Å². The van der Waals surface area contributed by atoms with Crippen LogP contribution < -0.4 is 10.1 Å². The summed E-state index contributed by atoms with van der Waals surface area (Å²) in [5.41, 5.74) is 2.03. The summed E-state index contributed by atoms with van der Waals surface area (Å²) in [5, 5.41) is 2.64. The van der Waals surface area contributed by atoms with Gasteiger partial charge in [0.1, 0.15) is 11.6 Å². The summed E-state index contributed by atoms with van der Waals surface area (Å²) in [4.78, 5) is 28.0. The van der Waals surface area contributed by atoms with Gasteiger partial charge in [0.2, 0.25) is 15.9 Å². The number of ether oxygens (including phenoxy) is 1. The Hall–Kier alpha value is -3.82. The highest BCUT2D eigenvalue weighted by atomic mass is 32.2. The number of pyridine rings is 1. The fourth-order valence-corrected chi connectivity index (χ4v) is 5.34. The highest BCUT2D eigenvalue weighted by molar-refractivity contribution is 7.89. The topological polar surface area (TPSA) is 106 Å². The average molecular weight is 506 g/mol. The Morgan fingerprint density at radius 3 is 2.25 bits per heavy atom. The molecule has 1 fully saturated rings. The molecule has 0 atom stereocenters. The van der Waals surface area contributed by atoms with Gasteiger partial charge in [-0.1, -0.05) is 30.7 Å². The third kappa shape index (κ3) is 6.44. The van der Waals surface area contributed by atoms with Crippen molar-refractivity contribution in [1.29, 1.82) is 0 Å². The smallest absolute Gasteiger partial charge is 0.343 e. The molecule has 36 heavy (non-hydrogen) atoms. The summed E-state index contributed by atoms with van der Waals surface area (Å²) in [6, 6.07) is 16.4. The third-order valence-corrected chi connectivity index (χ3v) is 7.60. The molecule has 1 amide bonds. The van der Waals surface area contributed by atoms with E-state index in [9.17, 15) is 18.0 Å². The van der Waals surface area contributed by atoms with Crippen LogP contribution in [0.25, 0.3) is 12.2 Å². The van der Waals surface area contributed by atoms with Crippen molar-refractivity contribution >= 4 is 39.9 Å². The molecule has 1 aromatic heterocycles. The number of benzene rings is 2. The van der Waals surface area contributed by atoms with E-state index in [2.05, 4.69) is 10.3 Å². The van der Waals surface area contributed by atoms with Crippen molar-refractivity contribution in [3.8, 4) is 5.75 Å². The second kappa shape index (κ2) is 11.3. The first-order valence-corrected chi connectivity index (χ1v) is 13.1. The molecule has 1 N–H and O–H groups in total. The van der Waals surface area contributed by atoms with Crippen molar-refractivity contribution in [2.45, 2.75) is 31.1 Å². The number of hydrogen-bond acceptors (Lipinski definition) is 6. The number of amides is 1. The van der Waals surface area contributed by atoms with Gasteiger partial charge in [-0.3, -0.25) is 4.79 Å². The highest BCUT2D eigenvalue weighted by Gasteiger charge is 2.26. The number of nitrogens with one attached hydrogen (secondary N) is 1. The number of nitrogens with zero attached hydrogens (tertiary/aromatic N) is 2. The van der Waals surface area contributed by atoms with Crippen molar-refractivity contribution < 1.29 is 22.7 Å². The number of rotatable bonds is 7. The van der Waals surface area contributed by atoms with Gasteiger partial charge in [0, 0.05) is 26.2 Å². The molecule has 9 heteroatoms. The monoisotopic (exact) mass is 505 g/mol. The van der Waals surface area contributed by atoms with Crippen molar-refractivity contribution in [3.63, 3.8) is 0 Å². The van der Waals surface area contributed by atoms with Crippen LogP contribution in [-0.2, 0) is 14.8 Å². The van der Waals surface area contributed by atoms with Crippen LogP contribution in [0.5, 0.6) is 5.75 Å². The molecule has 1 aliphatic rings. The summed E-state index contributed by atoms with van der Waals surface area (Å²) < 4.78 is 32.5. The van der Waals surface area contributed by atoms with Crippen LogP contribution in [0.15, 0.2) is 71.8 Å². The fourth-order valence-electron chi connectivity index (χ4n) is 3.82. The molecular formula is C27H27N3O5S. The number of carbonyl (C=O) groups is 2. The molecule has 0 radical (unpaired) electrons. The van der Waals surface area contributed by atoms with Crippen molar-refractivity contribution in [3.05, 3.63) is 83.6 Å². The molecule has 4 rings (SSSR count). The first-order chi connectivity index (χ1) is 17.3. The van der Waals surface area contributed by atoms with Gasteiger partial charge in [0.15, 0.2) is 0 Å². The average Bonchev–Trinajstić information content (AvgIpc) is 2.89. The lowest BCUT2D eigenvalue weighted by molar-refractivity contribution is -0.114. The van der Waals surface area contributed by atoms with Gasteiger partial charge in [0.25, 0.3) is 0 Å². The molecular weight excluding hydrogens is 478 g/mol. The standard InChI is InChI=1S/C27H27N3O5S/c1-20(31)29-26-19-22(15-16-28-26)6-5-21-7-11-24(12-8-21)35-27(32)23-9-13-25(14-10-23)36(33,34)30-17-3-2-4-18-30/h5-16,19H,2-4,17-18H2,1H3,(H,28,29,31)/b6-5+. The number of hydrogen-bond donors (Lipinski definition) is 1. The fraction of sp³-hybridized carbons (Fsp3) is 0.222. The van der Waals surface area contributed by atoms with Crippen LogP contribution in [0.2, 0.25) is 0 Å². The van der Waals surface area contributed by atoms with Gasteiger partial charge in [-0.05, 0) is 72.5 Å². The Bertz CT molecular complexity index is 1360. The second-order valence-electron chi connectivity index (χ2n) is 8.44. The number of esters is 1. The van der Waals surface area contributed by atoms with Crippen molar-refractivity contribution in [2.75, 3.05) is 18.4 Å². The summed E-state index contributed by atoms with van der Waals surface area (Å²) in [5.74, 6) is 0.0951. The molecule has 0 spiro atoms. The predicted octanol–water partition coefficient (Wildman–Crippen LogP) is 4.60. The van der Waals surface area contributed by atoms with Gasteiger partial charge >= 0.3 is 5.97 Å². The van der Waals surface area contributed by atoms with Crippen molar-refractivity contribution in [1.82, 2.24) is 9.29 Å². The minimum Gasteiger partial charge on any atom is -0.423 e. The molecule has 1 saturated heterocycles. The Labute approximate surface area is 210 Å². The maximum atomic E-state index is 12.8. The molecule has 1 aliphatic heterocycles. The number of anilines is 1. The molecule has 3 aromatic rings. The Kier molecular flexibility index (Phi) is 7.92. The molecule has 2 aromatic carbocycles. The van der Waals surface area contributed by atoms with E-state index >= 15 is 0 Å². The minimum atomic E-state index is -3.55. The Morgan fingerprint density at radius 1 is 0.917 bits per heavy atom. The van der Waals surface area contributed by atoms with E-state index in [0.29, 0.717) is 24.7 Å². The SMILES string of the molecule is CC(=O)Nc1cc(/C=C/c2ccc(OC(=O)c3ccc(S(=O)(=O)N4CCCCC4)cc3)cc2)ccn1. The normalized spacial score (nSPS) is 14.5. The zero-order valence-electron chi connectivity index (χ0n) is 19.9. The van der Waals surface area contributed by atoms with Crippen LogP contribution in [0.1, 0.15) is 47.7 Å². The van der Waals surface area contributed by atoms with Gasteiger partial charge in [-0.15, -0.1) is 0 Å². The van der Waals surface area contributed by atoms with Crippen molar-refractivity contribution in [2.24, 2.45) is 0 Å². The molecule has 0 bridgehead atoms. The lowest BCUT2D eigenvalue weighted by Crippen LogP contribution is -2.35. The molecule has 186 valence electrons. The van der Waals surface area contributed by atoms with E-state index < -0.39 is 16.0 Å². The Balaban J connectivity index is 1.37. The molecule has 2 heterocycles. The van der Waals surface area contributed by atoms with E-state index in [-0.39, 0.29) is 16.4 Å². The minimum absolute atomic E-state index is 0.176. The van der Waals surface area contributed by atoms with E-state index in [0.717, 1.165) is 30.4 Å². The van der Waals surface area contributed by atoms with E-state index in [4.69, 9.17) is 4.74 Å². The lowest BCUT2D eigenvalue weighted by Gasteiger charge is -2.25. The zero-order chi connectivity index (χ0) is 25.5. The van der Waals surface area contributed by atoms with Gasteiger partial charge in [0.05, 0.1) is 10.5 Å². The summed E-state index contributed by atoms with van der Waals surface area (Å²) in [6.07, 6.45) is 8.15. The van der Waals surface area contributed by atoms with Crippen LogP contribution in [0.4, 0.5) is 5.82 Å². The van der Waals surface area contributed by atoms with E-state index in [1.807, 2.05) is 30.4 Å².